The summed E-state index contributed by atoms with van der Waals surface area (Å²) in [5.41, 5.74) is 1.25. The third-order valence-corrected chi connectivity index (χ3v) is 4.81. The number of ether oxygens (including phenoxy) is 2. The fourth-order valence-corrected chi connectivity index (χ4v) is 3.07. The summed E-state index contributed by atoms with van der Waals surface area (Å²) in [4.78, 5) is 9.14. The predicted molar refractivity (Wildman–Crippen MR) is 117 cm³/mol. The Bertz CT molecular complexity index is 555. The van der Waals surface area contributed by atoms with Crippen LogP contribution in [0.2, 0.25) is 0 Å². The number of hydrogen-bond acceptors (Lipinski definition) is 4. The van der Waals surface area contributed by atoms with Crippen molar-refractivity contribution in [3.05, 3.63) is 24.3 Å². The molecule has 0 radical (unpaired) electrons. The minimum Gasteiger partial charge on any atom is -0.497 e. The molecule has 0 spiro atoms. The van der Waals surface area contributed by atoms with Crippen molar-refractivity contribution in [1.82, 2.24) is 10.2 Å². The lowest BCUT2D eigenvalue weighted by atomic mass is 10.2. The van der Waals surface area contributed by atoms with Crippen molar-refractivity contribution < 1.29 is 9.47 Å². The van der Waals surface area contributed by atoms with Gasteiger partial charge in [-0.1, -0.05) is 0 Å². The summed E-state index contributed by atoms with van der Waals surface area (Å²) in [7, 11) is 3.55. The van der Waals surface area contributed by atoms with Crippen LogP contribution >= 0.6 is 24.0 Å². The lowest BCUT2D eigenvalue weighted by Gasteiger charge is -2.37. The van der Waals surface area contributed by atoms with E-state index in [1.54, 1.807) is 7.11 Å². The number of hydrogen-bond donors (Lipinski definition) is 1. The van der Waals surface area contributed by atoms with E-state index >= 15 is 0 Å². The van der Waals surface area contributed by atoms with Crippen LogP contribution in [0.15, 0.2) is 29.3 Å². The Kier molecular flexibility index (Phi) is 8.77. The number of halogens is 1. The first-order valence-electron chi connectivity index (χ1n) is 9.22. The van der Waals surface area contributed by atoms with Crippen LogP contribution in [0.1, 0.15) is 12.8 Å². The first kappa shape index (κ1) is 21.1. The Morgan fingerprint density at radius 2 is 1.85 bits per heavy atom. The number of methoxy groups -OCH3 is 1. The van der Waals surface area contributed by atoms with Crippen LogP contribution in [0.4, 0.5) is 5.69 Å². The number of rotatable bonds is 7. The van der Waals surface area contributed by atoms with Gasteiger partial charge in [-0.05, 0) is 43.0 Å². The van der Waals surface area contributed by atoms with E-state index in [4.69, 9.17) is 9.47 Å². The van der Waals surface area contributed by atoms with Crippen LogP contribution in [0.3, 0.4) is 0 Å². The van der Waals surface area contributed by atoms with Gasteiger partial charge in [0, 0.05) is 52.1 Å². The number of guanidine groups is 1. The predicted octanol–water partition coefficient (Wildman–Crippen LogP) is 2.44. The molecule has 1 heterocycles. The third-order valence-electron chi connectivity index (χ3n) is 4.81. The van der Waals surface area contributed by atoms with Crippen LogP contribution in [0.5, 0.6) is 5.75 Å². The van der Waals surface area contributed by atoms with Gasteiger partial charge in [-0.2, -0.15) is 0 Å². The van der Waals surface area contributed by atoms with Crippen molar-refractivity contribution in [2.45, 2.75) is 12.8 Å². The molecule has 3 rings (SSSR count). The molecule has 1 N–H and O–H groups in total. The van der Waals surface area contributed by atoms with Gasteiger partial charge < -0.3 is 24.6 Å². The lowest BCUT2D eigenvalue weighted by Crippen LogP contribution is -2.53. The zero-order chi connectivity index (χ0) is 17.5. The van der Waals surface area contributed by atoms with Crippen molar-refractivity contribution in [1.29, 1.82) is 0 Å². The van der Waals surface area contributed by atoms with Gasteiger partial charge in [0.25, 0.3) is 0 Å². The van der Waals surface area contributed by atoms with Crippen molar-refractivity contribution in [3.63, 3.8) is 0 Å². The van der Waals surface area contributed by atoms with E-state index in [1.165, 1.54) is 18.5 Å². The van der Waals surface area contributed by atoms with Gasteiger partial charge in [0.05, 0.1) is 13.7 Å². The van der Waals surface area contributed by atoms with Crippen LogP contribution in [-0.4, -0.2) is 71.0 Å². The molecule has 0 bridgehead atoms. The zero-order valence-electron chi connectivity index (χ0n) is 15.8. The molecular formula is C19H31IN4O2. The number of nitrogens with one attached hydrogen (secondary N) is 1. The van der Waals surface area contributed by atoms with Crippen LogP contribution in [0, 0.1) is 5.92 Å². The highest BCUT2D eigenvalue weighted by Gasteiger charge is 2.21. The molecule has 0 unspecified atom stereocenters. The SMILES string of the molecule is CN=C(NCCOCC1CC1)N1CCN(c2ccc(OC)cc2)CC1.I. The van der Waals surface area contributed by atoms with Crippen molar-refractivity contribution >= 4 is 35.6 Å². The maximum absolute atomic E-state index is 5.68. The molecule has 1 aliphatic carbocycles. The number of aliphatic imine (C=N–C) groups is 1. The smallest absolute Gasteiger partial charge is 0.193 e. The second-order valence-corrected chi connectivity index (χ2v) is 6.66. The summed E-state index contributed by atoms with van der Waals surface area (Å²) in [6.45, 7) is 6.40. The van der Waals surface area contributed by atoms with Crippen LogP contribution in [-0.2, 0) is 4.74 Å². The molecule has 2 fully saturated rings. The Balaban J connectivity index is 0.00000243. The van der Waals surface area contributed by atoms with Crippen molar-refractivity contribution in [2.24, 2.45) is 10.9 Å². The first-order valence-corrected chi connectivity index (χ1v) is 9.22. The van der Waals surface area contributed by atoms with E-state index < -0.39 is 0 Å². The monoisotopic (exact) mass is 474 g/mol. The quantitative estimate of drug-likeness (QED) is 0.285. The molecule has 6 nitrogen and oxygen atoms in total. The maximum atomic E-state index is 5.68. The molecule has 1 saturated heterocycles. The van der Waals surface area contributed by atoms with E-state index in [1.807, 2.05) is 19.2 Å². The topological polar surface area (TPSA) is 49.3 Å². The van der Waals surface area contributed by atoms with E-state index in [-0.39, 0.29) is 24.0 Å². The Labute approximate surface area is 173 Å². The lowest BCUT2D eigenvalue weighted by molar-refractivity contribution is 0.128. The Morgan fingerprint density at radius 1 is 1.15 bits per heavy atom. The minimum atomic E-state index is 0. The van der Waals surface area contributed by atoms with Crippen LogP contribution in [0.25, 0.3) is 0 Å². The average Bonchev–Trinajstić information content (AvgIpc) is 3.49. The number of nitrogens with zero attached hydrogens (tertiary/aromatic N) is 3. The van der Waals surface area contributed by atoms with Gasteiger partial charge in [0.1, 0.15) is 5.75 Å². The molecule has 1 aliphatic heterocycles. The first-order chi connectivity index (χ1) is 12.3. The zero-order valence-corrected chi connectivity index (χ0v) is 18.1. The van der Waals surface area contributed by atoms with Gasteiger partial charge in [0.2, 0.25) is 0 Å². The summed E-state index contributed by atoms with van der Waals surface area (Å²) in [5, 5.41) is 3.42. The van der Waals surface area contributed by atoms with Gasteiger partial charge in [-0.15, -0.1) is 24.0 Å². The highest BCUT2D eigenvalue weighted by atomic mass is 127. The molecule has 26 heavy (non-hydrogen) atoms. The Hall–Kier alpha value is -1.22. The highest BCUT2D eigenvalue weighted by Crippen LogP contribution is 2.28. The largest absolute Gasteiger partial charge is 0.497 e. The number of anilines is 1. The summed E-state index contributed by atoms with van der Waals surface area (Å²) in [6, 6.07) is 8.28. The summed E-state index contributed by atoms with van der Waals surface area (Å²) in [6.07, 6.45) is 2.68. The molecule has 2 aliphatic rings. The van der Waals surface area contributed by atoms with Crippen LogP contribution < -0.4 is 15.0 Å². The molecule has 1 saturated carbocycles. The molecule has 1 aromatic rings. The highest BCUT2D eigenvalue weighted by molar-refractivity contribution is 14.0. The summed E-state index contributed by atoms with van der Waals surface area (Å²) < 4.78 is 10.9. The summed E-state index contributed by atoms with van der Waals surface area (Å²) >= 11 is 0. The second-order valence-electron chi connectivity index (χ2n) is 6.66. The second kappa shape index (κ2) is 10.8. The maximum Gasteiger partial charge on any atom is 0.193 e. The molecule has 7 heteroatoms. The van der Waals surface area contributed by atoms with Gasteiger partial charge in [0.15, 0.2) is 5.96 Å². The van der Waals surface area contributed by atoms with E-state index in [0.717, 1.165) is 63.6 Å². The molecule has 0 atom stereocenters. The average molecular weight is 474 g/mol. The molecule has 1 aromatic carbocycles. The van der Waals surface area contributed by atoms with Gasteiger partial charge in [-0.3, -0.25) is 4.99 Å². The van der Waals surface area contributed by atoms with E-state index in [9.17, 15) is 0 Å². The Morgan fingerprint density at radius 3 is 2.42 bits per heavy atom. The molecule has 146 valence electrons. The fraction of sp³-hybridized carbons (Fsp3) is 0.632. The minimum absolute atomic E-state index is 0. The van der Waals surface area contributed by atoms with E-state index in [0.29, 0.717) is 0 Å². The van der Waals surface area contributed by atoms with Crippen molar-refractivity contribution in [2.75, 3.05) is 65.0 Å². The molecular weight excluding hydrogens is 443 g/mol. The van der Waals surface area contributed by atoms with Gasteiger partial charge in [-0.25, -0.2) is 0 Å². The molecule has 0 amide bonds. The normalized spacial score (nSPS) is 17.7. The number of benzene rings is 1. The molecule has 0 aromatic heterocycles. The van der Waals surface area contributed by atoms with Crippen molar-refractivity contribution in [3.8, 4) is 5.75 Å². The number of piperazine rings is 1. The summed E-state index contributed by atoms with van der Waals surface area (Å²) in [5.74, 6) is 2.70. The third kappa shape index (κ3) is 6.19. The van der Waals surface area contributed by atoms with Gasteiger partial charge >= 0.3 is 0 Å². The van der Waals surface area contributed by atoms with E-state index in [2.05, 4.69) is 32.2 Å². The standard InChI is InChI=1S/C19H30N4O2.HI/c1-20-19(21-9-14-25-15-16-3-4-16)23-12-10-22(11-13-23)17-5-7-18(24-2)8-6-17;/h5-8,16H,3-4,9-15H2,1-2H3,(H,20,21);1H. The fourth-order valence-electron chi connectivity index (χ4n) is 3.07.